The highest BCUT2D eigenvalue weighted by molar-refractivity contribution is 7.92. The number of carbonyl (C=O) groups is 1. The summed E-state index contributed by atoms with van der Waals surface area (Å²) >= 11 is 0. The standard InChI is InChI=1S/C29H25F4N3O5S/c1-35(42(3,38)39)26-20-5-4-12-34-25(20)27(41-16-17-6-9-19(40-2)10-7-17)24-21(26)15-36(28(24)37)14-18-8-11-23(30)22(13-18)29(31,32)33/h4-13H,14-16H2,1-3H3. The zero-order valence-corrected chi connectivity index (χ0v) is 23.5. The van der Waals surface area contributed by atoms with Gasteiger partial charge in [-0.1, -0.05) is 18.2 Å². The predicted molar refractivity (Wildman–Crippen MR) is 147 cm³/mol. The summed E-state index contributed by atoms with van der Waals surface area (Å²) in [5, 5.41) is 0.407. The first-order valence-corrected chi connectivity index (χ1v) is 14.4. The minimum atomic E-state index is -4.92. The average molecular weight is 604 g/mol. The fourth-order valence-corrected chi connectivity index (χ4v) is 5.43. The molecule has 0 fully saturated rings. The van der Waals surface area contributed by atoms with Gasteiger partial charge in [0.15, 0.2) is 5.75 Å². The second kappa shape index (κ2) is 10.8. The van der Waals surface area contributed by atoms with Crippen LogP contribution in [0.2, 0.25) is 0 Å². The summed E-state index contributed by atoms with van der Waals surface area (Å²) in [5.41, 5.74) is 0.172. The molecule has 0 saturated heterocycles. The molecule has 0 N–H and O–H groups in total. The number of benzene rings is 3. The van der Waals surface area contributed by atoms with Gasteiger partial charge in [0.2, 0.25) is 10.0 Å². The van der Waals surface area contributed by atoms with Crippen LogP contribution in [0.15, 0.2) is 60.8 Å². The maximum absolute atomic E-state index is 13.9. The first kappa shape index (κ1) is 29.1. The minimum absolute atomic E-state index is 0.0313. The molecule has 0 unspecified atom stereocenters. The van der Waals surface area contributed by atoms with Crippen LogP contribution in [0.5, 0.6) is 11.5 Å². The van der Waals surface area contributed by atoms with Crippen molar-refractivity contribution < 1.29 is 40.2 Å². The molecule has 1 aliphatic rings. The Morgan fingerprint density at radius 2 is 1.76 bits per heavy atom. The van der Waals surface area contributed by atoms with Crippen molar-refractivity contribution in [2.75, 3.05) is 24.7 Å². The molecule has 8 nitrogen and oxygen atoms in total. The van der Waals surface area contributed by atoms with Crippen LogP contribution in [0.4, 0.5) is 23.2 Å². The molecule has 0 aliphatic carbocycles. The molecule has 0 atom stereocenters. The van der Waals surface area contributed by atoms with Gasteiger partial charge in [-0.3, -0.25) is 14.1 Å². The third-order valence-electron chi connectivity index (χ3n) is 7.01. The summed E-state index contributed by atoms with van der Waals surface area (Å²) in [6.45, 7) is -0.393. The van der Waals surface area contributed by atoms with Gasteiger partial charge in [-0.15, -0.1) is 0 Å². The number of carbonyl (C=O) groups excluding carboxylic acids is 1. The number of amides is 1. The number of nitrogens with zero attached hydrogens (tertiary/aromatic N) is 3. The highest BCUT2D eigenvalue weighted by atomic mass is 32.2. The molecule has 13 heteroatoms. The fraction of sp³-hybridized carbons (Fsp3) is 0.241. The lowest BCUT2D eigenvalue weighted by Gasteiger charge is -2.23. The van der Waals surface area contributed by atoms with Crippen LogP contribution in [0.1, 0.15) is 32.6 Å². The van der Waals surface area contributed by atoms with Crippen molar-refractivity contribution in [3.05, 3.63) is 94.4 Å². The van der Waals surface area contributed by atoms with Crippen molar-refractivity contribution >= 4 is 32.5 Å². The van der Waals surface area contributed by atoms with E-state index in [1.165, 1.54) is 31.3 Å². The highest BCUT2D eigenvalue weighted by Gasteiger charge is 2.39. The number of methoxy groups -OCH3 is 1. The minimum Gasteiger partial charge on any atom is -0.497 e. The monoisotopic (exact) mass is 603 g/mol. The maximum Gasteiger partial charge on any atom is 0.419 e. The predicted octanol–water partition coefficient (Wildman–Crippen LogP) is 5.53. The van der Waals surface area contributed by atoms with Gasteiger partial charge in [-0.05, 0) is 47.5 Å². The van der Waals surface area contributed by atoms with E-state index in [1.54, 1.807) is 36.4 Å². The quantitative estimate of drug-likeness (QED) is 0.246. The Balaban J connectivity index is 1.62. The molecule has 3 aromatic carbocycles. The number of rotatable bonds is 8. The third kappa shape index (κ3) is 5.43. The summed E-state index contributed by atoms with van der Waals surface area (Å²) in [7, 11) is -0.926. The van der Waals surface area contributed by atoms with Crippen LogP contribution >= 0.6 is 0 Å². The Morgan fingerprint density at radius 3 is 2.40 bits per heavy atom. The van der Waals surface area contributed by atoms with Gasteiger partial charge in [-0.25, -0.2) is 12.8 Å². The number of aromatic nitrogens is 1. The van der Waals surface area contributed by atoms with E-state index in [0.29, 0.717) is 28.8 Å². The van der Waals surface area contributed by atoms with Crippen molar-refractivity contribution in [3.63, 3.8) is 0 Å². The topological polar surface area (TPSA) is 89.0 Å². The van der Waals surface area contributed by atoms with E-state index >= 15 is 0 Å². The highest BCUT2D eigenvalue weighted by Crippen LogP contribution is 2.45. The molecular formula is C29H25F4N3O5S. The number of anilines is 1. The number of ether oxygens (including phenoxy) is 2. The molecule has 1 aromatic heterocycles. The number of alkyl halides is 3. The van der Waals surface area contributed by atoms with E-state index in [9.17, 15) is 30.8 Å². The summed E-state index contributed by atoms with van der Waals surface area (Å²) in [6, 6.07) is 12.9. The first-order valence-electron chi connectivity index (χ1n) is 12.6. The van der Waals surface area contributed by atoms with Gasteiger partial charge in [-0.2, -0.15) is 13.2 Å². The first-order chi connectivity index (χ1) is 19.8. The Kier molecular flexibility index (Phi) is 7.48. The van der Waals surface area contributed by atoms with Crippen molar-refractivity contribution in [1.29, 1.82) is 0 Å². The van der Waals surface area contributed by atoms with Crippen LogP contribution in [0, 0.1) is 5.82 Å². The zero-order valence-electron chi connectivity index (χ0n) is 22.7. The van der Waals surface area contributed by atoms with Crippen LogP contribution in [0.25, 0.3) is 10.9 Å². The van der Waals surface area contributed by atoms with Crippen molar-refractivity contribution in [2.24, 2.45) is 0 Å². The number of halogens is 4. The lowest BCUT2D eigenvalue weighted by atomic mass is 10.0. The number of hydrogen-bond acceptors (Lipinski definition) is 6. The summed E-state index contributed by atoms with van der Waals surface area (Å²) in [5.74, 6) is -1.26. The molecule has 1 aliphatic heterocycles. The normalized spacial score (nSPS) is 13.4. The molecule has 5 rings (SSSR count). The summed E-state index contributed by atoms with van der Waals surface area (Å²) in [6.07, 6.45) is -2.43. The maximum atomic E-state index is 13.9. The average Bonchev–Trinajstić information content (AvgIpc) is 3.26. The second-order valence-corrected chi connectivity index (χ2v) is 11.8. The zero-order chi connectivity index (χ0) is 30.4. The van der Waals surface area contributed by atoms with Crippen LogP contribution in [-0.4, -0.2) is 44.6 Å². The van der Waals surface area contributed by atoms with Crippen molar-refractivity contribution in [3.8, 4) is 11.5 Å². The van der Waals surface area contributed by atoms with Crippen molar-refractivity contribution in [1.82, 2.24) is 9.88 Å². The van der Waals surface area contributed by atoms with Gasteiger partial charge in [0, 0.05) is 37.3 Å². The number of hydrogen-bond donors (Lipinski definition) is 0. The van der Waals surface area contributed by atoms with E-state index in [1.807, 2.05) is 0 Å². The second-order valence-electron chi connectivity index (χ2n) is 9.77. The Labute approximate surface area is 239 Å². The van der Waals surface area contributed by atoms with Gasteiger partial charge in [0.1, 0.15) is 23.7 Å². The molecule has 1 amide bonds. The van der Waals surface area contributed by atoms with Gasteiger partial charge < -0.3 is 14.4 Å². The Morgan fingerprint density at radius 1 is 1.07 bits per heavy atom. The number of pyridine rings is 1. The smallest absolute Gasteiger partial charge is 0.419 e. The van der Waals surface area contributed by atoms with Gasteiger partial charge in [0.25, 0.3) is 5.91 Å². The van der Waals surface area contributed by atoms with Crippen molar-refractivity contribution in [2.45, 2.75) is 25.9 Å². The Hall–Kier alpha value is -4.39. The molecular weight excluding hydrogens is 578 g/mol. The molecule has 0 spiro atoms. The Bertz CT molecular complexity index is 1790. The summed E-state index contributed by atoms with van der Waals surface area (Å²) < 4.78 is 91.7. The summed E-state index contributed by atoms with van der Waals surface area (Å²) in [4.78, 5) is 19.5. The molecule has 4 aromatic rings. The van der Waals surface area contributed by atoms with E-state index in [2.05, 4.69) is 4.98 Å². The van der Waals surface area contributed by atoms with E-state index in [-0.39, 0.29) is 47.8 Å². The van der Waals surface area contributed by atoms with E-state index < -0.39 is 33.5 Å². The lowest BCUT2D eigenvalue weighted by molar-refractivity contribution is -0.140. The molecule has 220 valence electrons. The van der Waals surface area contributed by atoms with E-state index in [4.69, 9.17) is 9.47 Å². The molecule has 2 heterocycles. The lowest BCUT2D eigenvalue weighted by Crippen LogP contribution is -2.26. The largest absolute Gasteiger partial charge is 0.497 e. The molecule has 42 heavy (non-hydrogen) atoms. The van der Waals surface area contributed by atoms with E-state index in [0.717, 1.165) is 16.1 Å². The van der Waals surface area contributed by atoms with Crippen LogP contribution < -0.4 is 13.8 Å². The van der Waals surface area contributed by atoms with Crippen LogP contribution in [0.3, 0.4) is 0 Å². The van der Waals surface area contributed by atoms with Gasteiger partial charge in [0.05, 0.1) is 30.2 Å². The number of fused-ring (bicyclic) bond motifs is 2. The molecule has 0 saturated carbocycles. The van der Waals surface area contributed by atoms with Crippen LogP contribution in [-0.2, 0) is 35.9 Å². The molecule has 0 bridgehead atoms. The van der Waals surface area contributed by atoms with Gasteiger partial charge >= 0.3 is 6.18 Å². The third-order valence-corrected chi connectivity index (χ3v) is 8.18. The SMILES string of the molecule is COc1ccc(COc2c3c(c(N(C)S(C)(=O)=O)c4cccnc24)CN(Cc2ccc(F)c(C(F)(F)F)c2)C3=O)cc1. The fourth-order valence-electron chi connectivity index (χ4n) is 4.89. The number of sulfonamides is 1. The molecule has 0 radical (unpaired) electrons.